The van der Waals surface area contributed by atoms with Crippen LogP contribution in [-0.4, -0.2) is 20.6 Å². The van der Waals surface area contributed by atoms with Crippen molar-refractivity contribution < 1.29 is 13.2 Å². The maximum Gasteiger partial charge on any atom is 0.251 e. The van der Waals surface area contributed by atoms with E-state index in [1.807, 2.05) is 19.1 Å². The smallest absolute Gasteiger partial charge is 0.251 e. The number of carbonyl (C=O) groups excluding carboxylic acids is 1. The molecule has 0 unspecified atom stereocenters. The van der Waals surface area contributed by atoms with E-state index < -0.39 is 10.0 Å². The first-order valence-electron chi connectivity index (χ1n) is 10.1. The van der Waals surface area contributed by atoms with Gasteiger partial charge in [0.15, 0.2) is 0 Å². The lowest BCUT2D eigenvalue weighted by molar-refractivity contribution is 0.0940. The lowest BCUT2D eigenvalue weighted by atomic mass is 10.0. The van der Waals surface area contributed by atoms with Gasteiger partial charge in [0.1, 0.15) is 0 Å². The fourth-order valence-corrected chi connectivity index (χ4v) is 4.21. The molecule has 3 aromatic carbocycles. The molecule has 0 aromatic heterocycles. The van der Waals surface area contributed by atoms with Gasteiger partial charge in [-0.1, -0.05) is 48.5 Å². The van der Waals surface area contributed by atoms with Crippen LogP contribution in [0.15, 0.2) is 72.8 Å². The van der Waals surface area contributed by atoms with E-state index in [0.717, 1.165) is 11.1 Å². The van der Waals surface area contributed by atoms with Crippen LogP contribution in [0.3, 0.4) is 0 Å². The van der Waals surface area contributed by atoms with Crippen molar-refractivity contribution >= 4 is 21.6 Å². The van der Waals surface area contributed by atoms with Crippen molar-refractivity contribution in [2.24, 2.45) is 0 Å². The fraction of sp³-hybridized carbons (Fsp3) is 0.240. The van der Waals surface area contributed by atoms with Gasteiger partial charge < -0.3 is 5.32 Å². The summed E-state index contributed by atoms with van der Waals surface area (Å²) in [7, 11) is -3.44. The van der Waals surface area contributed by atoms with Crippen molar-refractivity contribution in [2.75, 3.05) is 10.6 Å². The molecule has 0 aliphatic heterocycles. The first-order valence-corrected chi connectivity index (χ1v) is 12.0. The largest absolute Gasteiger partial charge is 0.346 e. The number of anilines is 1. The van der Waals surface area contributed by atoms with Gasteiger partial charge in [0.2, 0.25) is 10.0 Å². The fourth-order valence-electron chi connectivity index (χ4n) is 3.32. The number of hydrogen-bond acceptors (Lipinski definition) is 3. The van der Waals surface area contributed by atoms with E-state index in [1.54, 1.807) is 48.5 Å². The Morgan fingerprint density at radius 1 is 0.935 bits per heavy atom. The monoisotopic (exact) mass is 436 g/mol. The Labute approximate surface area is 184 Å². The van der Waals surface area contributed by atoms with Crippen molar-refractivity contribution in [1.29, 1.82) is 0 Å². The Balaban J connectivity index is 1.71. The molecule has 6 heteroatoms. The van der Waals surface area contributed by atoms with E-state index in [1.165, 1.54) is 21.7 Å². The molecule has 3 aromatic rings. The first-order chi connectivity index (χ1) is 14.6. The van der Waals surface area contributed by atoms with Gasteiger partial charge in [-0.2, -0.15) is 0 Å². The summed E-state index contributed by atoms with van der Waals surface area (Å²) < 4.78 is 25.9. The molecule has 0 bridgehead atoms. The number of amides is 1. The van der Waals surface area contributed by atoms with E-state index in [-0.39, 0.29) is 18.5 Å². The summed E-state index contributed by atoms with van der Waals surface area (Å²) >= 11 is 0. The molecule has 1 N–H and O–H groups in total. The predicted molar refractivity (Wildman–Crippen MR) is 126 cm³/mol. The second-order valence-corrected chi connectivity index (χ2v) is 9.75. The van der Waals surface area contributed by atoms with E-state index in [9.17, 15) is 13.2 Å². The van der Waals surface area contributed by atoms with Crippen LogP contribution in [0.1, 0.15) is 45.6 Å². The number of benzene rings is 3. The molecule has 1 amide bonds. The quantitative estimate of drug-likeness (QED) is 0.581. The zero-order chi connectivity index (χ0) is 22.6. The zero-order valence-electron chi connectivity index (χ0n) is 18.3. The predicted octanol–water partition coefficient (Wildman–Crippen LogP) is 4.76. The lowest BCUT2D eigenvalue weighted by Crippen LogP contribution is -2.29. The second-order valence-electron chi connectivity index (χ2n) is 7.84. The molecule has 0 heterocycles. The Morgan fingerprint density at radius 2 is 1.58 bits per heavy atom. The number of hydrogen-bond donors (Lipinski definition) is 1. The molecule has 0 radical (unpaired) electrons. The van der Waals surface area contributed by atoms with Crippen molar-refractivity contribution in [3.05, 3.63) is 101 Å². The average molecular weight is 437 g/mol. The summed E-state index contributed by atoms with van der Waals surface area (Å²) in [4.78, 5) is 12.7. The van der Waals surface area contributed by atoms with Gasteiger partial charge in [0.25, 0.3) is 5.91 Å². The third kappa shape index (κ3) is 5.73. The Kier molecular flexibility index (Phi) is 6.81. The van der Waals surface area contributed by atoms with Crippen LogP contribution in [0, 0.1) is 13.8 Å². The van der Waals surface area contributed by atoms with Crippen LogP contribution >= 0.6 is 0 Å². The highest BCUT2D eigenvalue weighted by Gasteiger charge is 2.18. The molecular formula is C25H28N2O3S. The number of nitrogens with zero attached hydrogens (tertiary/aromatic N) is 1. The van der Waals surface area contributed by atoms with Gasteiger partial charge >= 0.3 is 0 Å². The third-order valence-corrected chi connectivity index (χ3v) is 6.51. The number of rotatable bonds is 7. The number of aryl methyl sites for hydroxylation is 2. The van der Waals surface area contributed by atoms with Crippen molar-refractivity contribution in [2.45, 2.75) is 33.4 Å². The van der Waals surface area contributed by atoms with Gasteiger partial charge in [0.05, 0.1) is 24.5 Å². The number of para-hydroxylation sites is 1. The summed E-state index contributed by atoms with van der Waals surface area (Å²) in [5, 5.41) is 3.02. The SMILES string of the molecule is Cc1ccc([C@H](C)NC(=O)c2ccc(CN(c3ccccc3)S(C)(=O)=O)cc2)cc1C. The van der Waals surface area contributed by atoms with Gasteiger partial charge in [-0.25, -0.2) is 8.42 Å². The highest BCUT2D eigenvalue weighted by atomic mass is 32.2. The van der Waals surface area contributed by atoms with Crippen molar-refractivity contribution in [1.82, 2.24) is 5.32 Å². The van der Waals surface area contributed by atoms with Crippen molar-refractivity contribution in [3.63, 3.8) is 0 Å². The summed E-state index contributed by atoms with van der Waals surface area (Å²) in [6, 6.07) is 22.1. The Hall–Kier alpha value is -3.12. The standard InChI is InChI=1S/C25H28N2O3S/c1-18-10-13-23(16-19(18)2)20(3)26-25(28)22-14-11-21(12-15-22)17-27(31(4,29)30)24-8-6-5-7-9-24/h5-16,20H,17H2,1-4H3,(H,26,28)/t20-/m0/s1. The molecule has 31 heavy (non-hydrogen) atoms. The summed E-state index contributed by atoms with van der Waals surface area (Å²) in [6.07, 6.45) is 1.19. The molecule has 1 atom stereocenters. The Morgan fingerprint density at radius 3 is 2.16 bits per heavy atom. The van der Waals surface area contributed by atoms with Crippen LogP contribution in [0.4, 0.5) is 5.69 Å². The first kappa shape index (κ1) is 22.6. The summed E-state index contributed by atoms with van der Waals surface area (Å²) in [5.41, 5.74) is 5.40. The molecule has 3 rings (SSSR count). The molecule has 162 valence electrons. The van der Waals surface area contributed by atoms with Crippen LogP contribution in [0.5, 0.6) is 0 Å². The molecule has 0 spiro atoms. The molecule has 0 aliphatic rings. The molecular weight excluding hydrogens is 408 g/mol. The Bertz CT molecular complexity index is 1160. The van der Waals surface area contributed by atoms with E-state index >= 15 is 0 Å². The van der Waals surface area contributed by atoms with Crippen LogP contribution < -0.4 is 9.62 Å². The molecule has 0 aliphatic carbocycles. The van der Waals surface area contributed by atoms with Crippen molar-refractivity contribution in [3.8, 4) is 0 Å². The maximum absolute atomic E-state index is 12.7. The minimum Gasteiger partial charge on any atom is -0.346 e. The lowest BCUT2D eigenvalue weighted by Gasteiger charge is -2.22. The van der Waals surface area contributed by atoms with Crippen LogP contribution in [0.2, 0.25) is 0 Å². The minimum absolute atomic E-state index is 0.120. The summed E-state index contributed by atoms with van der Waals surface area (Å²) in [6.45, 7) is 6.28. The normalized spacial score (nSPS) is 12.3. The highest BCUT2D eigenvalue weighted by Crippen LogP contribution is 2.21. The van der Waals surface area contributed by atoms with Crippen LogP contribution in [-0.2, 0) is 16.6 Å². The van der Waals surface area contributed by atoms with Crippen LogP contribution in [0.25, 0.3) is 0 Å². The van der Waals surface area contributed by atoms with Gasteiger partial charge in [0, 0.05) is 5.56 Å². The summed E-state index contributed by atoms with van der Waals surface area (Å²) in [5.74, 6) is -0.166. The van der Waals surface area contributed by atoms with E-state index in [4.69, 9.17) is 0 Å². The number of nitrogens with one attached hydrogen (secondary N) is 1. The number of sulfonamides is 1. The zero-order valence-corrected chi connectivity index (χ0v) is 19.1. The molecule has 0 fully saturated rings. The maximum atomic E-state index is 12.7. The molecule has 0 saturated heterocycles. The third-order valence-electron chi connectivity index (χ3n) is 5.37. The highest BCUT2D eigenvalue weighted by molar-refractivity contribution is 7.92. The molecule has 5 nitrogen and oxygen atoms in total. The van der Waals surface area contributed by atoms with Gasteiger partial charge in [-0.15, -0.1) is 0 Å². The van der Waals surface area contributed by atoms with Gasteiger partial charge in [-0.05, 0) is 67.3 Å². The minimum atomic E-state index is -3.44. The van der Waals surface area contributed by atoms with E-state index in [0.29, 0.717) is 11.3 Å². The average Bonchev–Trinajstić information content (AvgIpc) is 2.74. The number of carbonyl (C=O) groups is 1. The van der Waals surface area contributed by atoms with E-state index in [2.05, 4.69) is 31.3 Å². The molecule has 0 saturated carbocycles. The van der Waals surface area contributed by atoms with Gasteiger partial charge in [-0.3, -0.25) is 9.10 Å². The topological polar surface area (TPSA) is 66.5 Å². The second kappa shape index (κ2) is 9.35.